The van der Waals surface area contributed by atoms with Gasteiger partial charge in [0, 0.05) is 0 Å². The third kappa shape index (κ3) is 5.64. The van der Waals surface area contributed by atoms with Gasteiger partial charge in [0.1, 0.15) is 6.04 Å². The third-order valence-electron chi connectivity index (χ3n) is 1.64. The molecule has 78 valence electrons. The lowest BCUT2D eigenvalue weighted by molar-refractivity contribution is -0.149. The van der Waals surface area contributed by atoms with Gasteiger partial charge < -0.3 is 10.5 Å². The fourth-order valence-corrected chi connectivity index (χ4v) is 0.656. The van der Waals surface area contributed by atoms with Crippen molar-refractivity contribution in [3.8, 4) is 0 Å². The van der Waals surface area contributed by atoms with Crippen LogP contribution in [-0.2, 0) is 9.53 Å². The molecule has 13 heavy (non-hydrogen) atoms. The number of ether oxygens (including phenoxy) is 1. The van der Waals surface area contributed by atoms with Crippen LogP contribution in [-0.4, -0.2) is 18.6 Å². The van der Waals surface area contributed by atoms with Crippen molar-refractivity contribution in [2.24, 2.45) is 17.1 Å². The summed E-state index contributed by atoms with van der Waals surface area (Å²) in [6, 6.07) is -0.498. The van der Waals surface area contributed by atoms with E-state index >= 15 is 0 Å². The molecule has 0 heterocycles. The van der Waals surface area contributed by atoms with E-state index in [1.165, 1.54) is 0 Å². The van der Waals surface area contributed by atoms with E-state index in [0.29, 0.717) is 6.61 Å². The van der Waals surface area contributed by atoms with Gasteiger partial charge in [-0.2, -0.15) is 0 Å². The fourth-order valence-electron chi connectivity index (χ4n) is 0.656. The molecule has 0 radical (unpaired) electrons. The Morgan fingerprint density at radius 2 is 1.85 bits per heavy atom. The number of hydrogen-bond donors (Lipinski definition) is 1. The van der Waals surface area contributed by atoms with Gasteiger partial charge in [-0.15, -0.1) is 0 Å². The Kier molecular flexibility index (Phi) is 4.40. The van der Waals surface area contributed by atoms with Crippen LogP contribution >= 0.6 is 0 Å². The number of nitrogens with two attached hydrogens (primary N) is 1. The van der Waals surface area contributed by atoms with Crippen molar-refractivity contribution < 1.29 is 9.53 Å². The maximum absolute atomic E-state index is 11.3. The quantitative estimate of drug-likeness (QED) is 0.682. The van der Waals surface area contributed by atoms with E-state index in [1.54, 1.807) is 0 Å². The lowest BCUT2D eigenvalue weighted by Crippen LogP contribution is -2.38. The van der Waals surface area contributed by atoms with Crippen LogP contribution in [0.1, 0.15) is 34.6 Å². The number of carbonyl (C=O) groups is 1. The lowest BCUT2D eigenvalue weighted by atomic mass is 9.98. The molecule has 3 nitrogen and oxygen atoms in total. The average molecular weight is 187 g/mol. The predicted octanol–water partition coefficient (Wildman–Crippen LogP) is 1.56. The van der Waals surface area contributed by atoms with E-state index in [1.807, 2.05) is 34.6 Å². The van der Waals surface area contributed by atoms with E-state index in [2.05, 4.69) is 0 Å². The van der Waals surface area contributed by atoms with Crippen molar-refractivity contribution in [1.82, 2.24) is 0 Å². The lowest BCUT2D eigenvalue weighted by Gasteiger charge is -2.20. The molecule has 0 aromatic rings. The number of carbonyl (C=O) groups excluding carboxylic acids is 1. The molecule has 0 aliphatic rings. The highest BCUT2D eigenvalue weighted by Crippen LogP contribution is 2.13. The van der Waals surface area contributed by atoms with Gasteiger partial charge in [-0.1, -0.05) is 34.6 Å². The Balaban J connectivity index is 3.89. The van der Waals surface area contributed by atoms with Crippen LogP contribution in [0.15, 0.2) is 0 Å². The Hall–Kier alpha value is -0.570. The van der Waals surface area contributed by atoms with Gasteiger partial charge in [-0.3, -0.25) is 4.79 Å². The van der Waals surface area contributed by atoms with Gasteiger partial charge >= 0.3 is 5.97 Å². The fraction of sp³-hybridized carbons (Fsp3) is 0.900. The molecule has 0 bridgehead atoms. The summed E-state index contributed by atoms with van der Waals surface area (Å²) in [7, 11) is 0. The topological polar surface area (TPSA) is 52.3 Å². The molecule has 0 aromatic carbocycles. The molecule has 0 aliphatic carbocycles. The van der Waals surface area contributed by atoms with Crippen LogP contribution in [0.5, 0.6) is 0 Å². The van der Waals surface area contributed by atoms with Crippen LogP contribution in [0.25, 0.3) is 0 Å². The van der Waals surface area contributed by atoms with E-state index in [0.717, 1.165) is 0 Å². The molecule has 0 aliphatic heterocycles. The second kappa shape index (κ2) is 4.61. The van der Waals surface area contributed by atoms with E-state index in [9.17, 15) is 4.79 Å². The Morgan fingerprint density at radius 3 is 2.15 bits per heavy atom. The number of rotatable bonds is 3. The molecule has 0 saturated carbocycles. The minimum atomic E-state index is -0.498. The monoisotopic (exact) mass is 187 g/mol. The average Bonchev–Trinajstić information content (AvgIpc) is 1.97. The van der Waals surface area contributed by atoms with Gasteiger partial charge in [0.05, 0.1) is 6.61 Å². The second-order valence-electron chi connectivity index (χ2n) is 4.94. The van der Waals surface area contributed by atoms with Crippen LogP contribution < -0.4 is 5.73 Å². The van der Waals surface area contributed by atoms with E-state index < -0.39 is 6.04 Å². The van der Waals surface area contributed by atoms with Gasteiger partial charge in [-0.05, 0) is 11.3 Å². The SMILES string of the molecule is CC(C)[C@@H](N)C(=O)OCC(C)(C)C. The summed E-state index contributed by atoms with van der Waals surface area (Å²) in [5.74, 6) is -0.169. The zero-order chi connectivity index (χ0) is 10.6. The number of hydrogen-bond acceptors (Lipinski definition) is 3. The highest BCUT2D eigenvalue weighted by Gasteiger charge is 2.21. The molecule has 0 fully saturated rings. The Bertz CT molecular complexity index is 170. The summed E-state index contributed by atoms with van der Waals surface area (Å²) in [5, 5.41) is 0. The molecule has 0 saturated heterocycles. The van der Waals surface area contributed by atoms with Crippen molar-refractivity contribution >= 4 is 5.97 Å². The van der Waals surface area contributed by atoms with E-state index in [4.69, 9.17) is 10.5 Å². The third-order valence-corrected chi connectivity index (χ3v) is 1.64. The first-order chi connectivity index (χ1) is 5.74. The standard InChI is InChI=1S/C10H21NO2/c1-7(2)8(11)9(12)13-6-10(3,4)5/h7-8H,6,11H2,1-5H3/t8-/m1/s1. The minimum Gasteiger partial charge on any atom is -0.464 e. The molecule has 0 spiro atoms. The first-order valence-corrected chi connectivity index (χ1v) is 4.66. The summed E-state index contributed by atoms with van der Waals surface area (Å²) < 4.78 is 5.07. The Labute approximate surface area is 80.6 Å². The predicted molar refractivity (Wildman–Crippen MR) is 53.2 cm³/mol. The van der Waals surface area contributed by atoms with Gasteiger partial charge in [0.2, 0.25) is 0 Å². The minimum absolute atomic E-state index is 0.00631. The summed E-state index contributed by atoms with van der Waals surface area (Å²) in [4.78, 5) is 11.3. The van der Waals surface area contributed by atoms with Crippen LogP contribution in [0, 0.1) is 11.3 Å². The van der Waals surface area contributed by atoms with Gasteiger partial charge in [0.15, 0.2) is 0 Å². The van der Waals surface area contributed by atoms with E-state index in [-0.39, 0.29) is 17.3 Å². The number of esters is 1. The molecule has 0 unspecified atom stereocenters. The zero-order valence-electron chi connectivity index (χ0n) is 9.26. The zero-order valence-corrected chi connectivity index (χ0v) is 9.26. The summed E-state index contributed by atoms with van der Waals surface area (Å²) in [5.41, 5.74) is 5.62. The molecule has 0 aromatic heterocycles. The van der Waals surface area contributed by atoms with Crippen molar-refractivity contribution in [3.63, 3.8) is 0 Å². The first kappa shape index (κ1) is 12.4. The second-order valence-corrected chi connectivity index (χ2v) is 4.94. The molecular weight excluding hydrogens is 166 g/mol. The van der Waals surface area contributed by atoms with Crippen molar-refractivity contribution in [1.29, 1.82) is 0 Å². The molecule has 1 atom stereocenters. The van der Waals surface area contributed by atoms with Crippen molar-refractivity contribution in [2.45, 2.75) is 40.7 Å². The Morgan fingerprint density at radius 1 is 1.38 bits per heavy atom. The summed E-state index contributed by atoms with van der Waals surface area (Å²) in [6.07, 6.45) is 0. The molecule has 2 N–H and O–H groups in total. The van der Waals surface area contributed by atoms with Crippen LogP contribution in [0.4, 0.5) is 0 Å². The maximum Gasteiger partial charge on any atom is 0.323 e. The maximum atomic E-state index is 11.3. The van der Waals surface area contributed by atoms with Crippen LogP contribution in [0.3, 0.4) is 0 Å². The highest BCUT2D eigenvalue weighted by atomic mass is 16.5. The normalized spacial score (nSPS) is 14.4. The van der Waals surface area contributed by atoms with Crippen molar-refractivity contribution in [2.75, 3.05) is 6.61 Å². The summed E-state index contributed by atoms with van der Waals surface area (Å²) >= 11 is 0. The largest absolute Gasteiger partial charge is 0.464 e. The van der Waals surface area contributed by atoms with Crippen molar-refractivity contribution in [3.05, 3.63) is 0 Å². The summed E-state index contributed by atoms with van der Waals surface area (Å²) in [6.45, 7) is 10.3. The highest BCUT2D eigenvalue weighted by molar-refractivity contribution is 5.75. The molecular formula is C10H21NO2. The molecule has 3 heteroatoms. The van der Waals surface area contributed by atoms with Gasteiger partial charge in [-0.25, -0.2) is 0 Å². The first-order valence-electron chi connectivity index (χ1n) is 4.66. The van der Waals surface area contributed by atoms with Crippen LogP contribution in [0.2, 0.25) is 0 Å². The molecule has 0 rings (SSSR count). The smallest absolute Gasteiger partial charge is 0.323 e. The molecule has 0 amide bonds. The van der Waals surface area contributed by atoms with Gasteiger partial charge in [0.25, 0.3) is 0 Å².